The highest BCUT2D eigenvalue weighted by Crippen LogP contribution is 2.36. The van der Waals surface area contributed by atoms with Gasteiger partial charge in [0, 0.05) is 0 Å². The fraction of sp³-hybridized carbons (Fsp3) is 0.176. The van der Waals surface area contributed by atoms with Crippen molar-refractivity contribution in [2.45, 2.75) is 20.3 Å². The third kappa shape index (κ3) is 1.70. The minimum Gasteiger partial charge on any atom is -0.0683 e. The number of allylic oxidation sites excluding steroid dienone is 1. The average molecular weight is 220 g/mol. The minimum atomic E-state index is 1.11. The van der Waals surface area contributed by atoms with Gasteiger partial charge >= 0.3 is 0 Å². The Balaban J connectivity index is 2.27. The molecule has 0 spiro atoms. The lowest BCUT2D eigenvalue weighted by molar-refractivity contribution is 1.19. The predicted octanol–water partition coefficient (Wildman–Crippen LogP) is 4.62. The first-order valence-electron chi connectivity index (χ1n) is 6.11. The van der Waals surface area contributed by atoms with Gasteiger partial charge in [-0.3, -0.25) is 0 Å². The summed E-state index contributed by atoms with van der Waals surface area (Å²) >= 11 is 0. The van der Waals surface area contributed by atoms with Crippen molar-refractivity contribution in [3.05, 3.63) is 64.7 Å². The summed E-state index contributed by atoms with van der Waals surface area (Å²) < 4.78 is 0. The molecule has 0 radical (unpaired) electrons. The molecule has 0 aliphatic heterocycles. The van der Waals surface area contributed by atoms with E-state index in [4.69, 9.17) is 0 Å². The first-order valence-corrected chi connectivity index (χ1v) is 6.11. The molecule has 2 aromatic rings. The van der Waals surface area contributed by atoms with E-state index in [0.29, 0.717) is 0 Å². The number of aryl methyl sites for hydroxylation is 1. The Morgan fingerprint density at radius 3 is 2.41 bits per heavy atom. The maximum Gasteiger partial charge on any atom is -0.00604 e. The van der Waals surface area contributed by atoms with E-state index >= 15 is 0 Å². The number of hydrogen-bond donors (Lipinski definition) is 0. The predicted molar refractivity (Wildman–Crippen MR) is 74.0 cm³/mol. The summed E-state index contributed by atoms with van der Waals surface area (Å²) in [5, 5.41) is 0. The summed E-state index contributed by atoms with van der Waals surface area (Å²) in [6.07, 6.45) is 3.44. The van der Waals surface area contributed by atoms with E-state index in [-0.39, 0.29) is 0 Å². The van der Waals surface area contributed by atoms with Crippen LogP contribution in [0, 0.1) is 6.92 Å². The fourth-order valence-corrected chi connectivity index (χ4v) is 2.68. The quantitative estimate of drug-likeness (QED) is 0.657. The molecule has 84 valence electrons. The van der Waals surface area contributed by atoms with Crippen LogP contribution >= 0.6 is 0 Å². The van der Waals surface area contributed by atoms with Crippen LogP contribution in [0.25, 0.3) is 17.2 Å². The minimum absolute atomic E-state index is 1.11. The van der Waals surface area contributed by atoms with Crippen LogP contribution in [-0.4, -0.2) is 0 Å². The van der Waals surface area contributed by atoms with E-state index in [1.54, 1.807) is 0 Å². The third-order valence-electron chi connectivity index (χ3n) is 3.47. The molecule has 0 aromatic heterocycles. The molecule has 0 heterocycles. The second-order valence-corrected chi connectivity index (χ2v) is 4.86. The summed E-state index contributed by atoms with van der Waals surface area (Å²) in [4.78, 5) is 0. The van der Waals surface area contributed by atoms with E-state index < -0.39 is 0 Å². The highest BCUT2D eigenvalue weighted by molar-refractivity contribution is 5.82. The first-order chi connectivity index (χ1) is 8.25. The van der Waals surface area contributed by atoms with Crippen molar-refractivity contribution >= 4 is 6.08 Å². The Kier molecular flexibility index (Phi) is 2.36. The molecule has 0 fully saturated rings. The van der Waals surface area contributed by atoms with Crippen molar-refractivity contribution < 1.29 is 0 Å². The van der Waals surface area contributed by atoms with Gasteiger partial charge in [-0.15, -0.1) is 0 Å². The normalized spacial score (nSPS) is 13.4. The van der Waals surface area contributed by atoms with Crippen LogP contribution in [0.3, 0.4) is 0 Å². The summed E-state index contributed by atoms with van der Waals surface area (Å²) in [6, 6.07) is 15.2. The van der Waals surface area contributed by atoms with Gasteiger partial charge in [0.15, 0.2) is 0 Å². The Bertz CT molecular complexity index is 589. The van der Waals surface area contributed by atoms with Crippen molar-refractivity contribution in [2.75, 3.05) is 0 Å². The van der Waals surface area contributed by atoms with Crippen molar-refractivity contribution in [3.63, 3.8) is 0 Å². The molecule has 1 aliphatic rings. The van der Waals surface area contributed by atoms with Gasteiger partial charge in [-0.25, -0.2) is 0 Å². The van der Waals surface area contributed by atoms with Gasteiger partial charge in [-0.05, 0) is 48.1 Å². The lowest BCUT2D eigenvalue weighted by Crippen LogP contribution is -1.91. The molecule has 0 unspecified atom stereocenters. The summed E-state index contributed by atoms with van der Waals surface area (Å²) in [5.41, 5.74) is 8.44. The molecule has 0 nitrogen and oxygen atoms in total. The molecule has 2 aromatic carbocycles. The Labute approximate surface area is 103 Å². The Morgan fingerprint density at radius 2 is 1.65 bits per heavy atom. The van der Waals surface area contributed by atoms with Crippen molar-refractivity contribution in [1.29, 1.82) is 0 Å². The number of hydrogen-bond acceptors (Lipinski definition) is 0. The average Bonchev–Trinajstić information content (AvgIpc) is 2.70. The van der Waals surface area contributed by atoms with Crippen molar-refractivity contribution in [3.8, 4) is 11.1 Å². The summed E-state index contributed by atoms with van der Waals surface area (Å²) in [6.45, 7) is 4.41. The van der Waals surface area contributed by atoms with Crippen LogP contribution in [0.1, 0.15) is 23.6 Å². The van der Waals surface area contributed by atoms with Crippen LogP contribution in [0.4, 0.5) is 0 Å². The number of fused-ring (bicyclic) bond motifs is 1. The van der Waals surface area contributed by atoms with Crippen LogP contribution < -0.4 is 0 Å². The van der Waals surface area contributed by atoms with Gasteiger partial charge in [0.1, 0.15) is 0 Å². The standard InChI is InChI=1S/C17H16/c1-12-10-15-9-8-13(2)17(16(15)11-12)14-6-4-3-5-7-14/h3-9,11H,10H2,1-2H3. The van der Waals surface area contributed by atoms with Gasteiger partial charge in [-0.2, -0.15) is 0 Å². The maximum atomic E-state index is 2.34. The van der Waals surface area contributed by atoms with Gasteiger partial charge in [-0.1, -0.05) is 54.1 Å². The van der Waals surface area contributed by atoms with Crippen LogP contribution in [0.5, 0.6) is 0 Å². The lowest BCUT2D eigenvalue weighted by Gasteiger charge is -2.11. The van der Waals surface area contributed by atoms with Gasteiger partial charge in [0.05, 0.1) is 0 Å². The maximum absolute atomic E-state index is 2.34. The van der Waals surface area contributed by atoms with Gasteiger partial charge in [0.2, 0.25) is 0 Å². The molecule has 0 atom stereocenters. The monoisotopic (exact) mass is 220 g/mol. The number of benzene rings is 2. The molecule has 3 rings (SSSR count). The van der Waals surface area contributed by atoms with E-state index in [2.05, 4.69) is 62.4 Å². The van der Waals surface area contributed by atoms with Crippen molar-refractivity contribution in [2.24, 2.45) is 0 Å². The van der Waals surface area contributed by atoms with Crippen LogP contribution in [0.15, 0.2) is 48.0 Å². The van der Waals surface area contributed by atoms with Gasteiger partial charge < -0.3 is 0 Å². The molecule has 0 heteroatoms. The lowest BCUT2D eigenvalue weighted by atomic mass is 9.93. The second kappa shape index (κ2) is 3.89. The molecule has 1 aliphatic carbocycles. The Morgan fingerprint density at radius 1 is 0.882 bits per heavy atom. The Hall–Kier alpha value is -1.82. The third-order valence-corrected chi connectivity index (χ3v) is 3.47. The smallest absolute Gasteiger partial charge is 0.00604 e. The highest BCUT2D eigenvalue weighted by atomic mass is 14.2. The summed E-state index contributed by atoms with van der Waals surface area (Å²) in [7, 11) is 0. The molecular formula is C17H16. The van der Waals surface area contributed by atoms with Gasteiger partial charge in [0.25, 0.3) is 0 Å². The number of rotatable bonds is 1. The second-order valence-electron chi connectivity index (χ2n) is 4.86. The first kappa shape index (κ1) is 10.3. The molecule has 0 amide bonds. The highest BCUT2D eigenvalue weighted by Gasteiger charge is 2.15. The summed E-state index contributed by atoms with van der Waals surface area (Å²) in [5.74, 6) is 0. The SMILES string of the molecule is CC1=Cc2c(ccc(C)c2-c2ccccc2)C1. The zero-order chi connectivity index (χ0) is 11.8. The zero-order valence-electron chi connectivity index (χ0n) is 10.3. The molecule has 0 bridgehead atoms. The van der Waals surface area contributed by atoms with Crippen LogP contribution in [0.2, 0.25) is 0 Å². The van der Waals surface area contributed by atoms with E-state index in [1.165, 1.54) is 33.4 Å². The molecule has 0 N–H and O–H groups in total. The van der Waals surface area contributed by atoms with E-state index in [1.807, 2.05) is 0 Å². The molecular weight excluding hydrogens is 204 g/mol. The van der Waals surface area contributed by atoms with Crippen LogP contribution in [-0.2, 0) is 6.42 Å². The molecule has 17 heavy (non-hydrogen) atoms. The molecule has 0 saturated carbocycles. The zero-order valence-corrected chi connectivity index (χ0v) is 10.3. The topological polar surface area (TPSA) is 0 Å². The largest absolute Gasteiger partial charge is 0.0683 e. The fourth-order valence-electron chi connectivity index (χ4n) is 2.68. The van der Waals surface area contributed by atoms with Crippen molar-refractivity contribution in [1.82, 2.24) is 0 Å². The van der Waals surface area contributed by atoms with E-state index in [0.717, 1.165) is 6.42 Å². The molecule has 0 saturated heterocycles. The van der Waals surface area contributed by atoms with E-state index in [9.17, 15) is 0 Å².